The van der Waals surface area contributed by atoms with Crippen LogP contribution in [0.2, 0.25) is 0 Å². The molecule has 1 aromatic rings. The van der Waals surface area contributed by atoms with Gasteiger partial charge in [-0.25, -0.2) is 13.1 Å². The van der Waals surface area contributed by atoms with Crippen LogP contribution in [0.25, 0.3) is 0 Å². The summed E-state index contributed by atoms with van der Waals surface area (Å²) in [4.78, 5) is 26.4. The SMILES string of the molecule is CCC(C)(C)NC(=O)C1CCC(CNS(=O)(=O)c2ccc3c(c2)C[C@H](C)N3C(C)=O)CC1. The molecule has 3 rings (SSSR count). The van der Waals surface area contributed by atoms with Gasteiger partial charge in [-0.3, -0.25) is 9.59 Å². The van der Waals surface area contributed by atoms with Crippen LogP contribution in [0.3, 0.4) is 0 Å². The predicted molar refractivity (Wildman–Crippen MR) is 126 cm³/mol. The lowest BCUT2D eigenvalue weighted by Crippen LogP contribution is -2.46. The molecule has 0 aromatic heterocycles. The van der Waals surface area contributed by atoms with Crippen LogP contribution in [0.15, 0.2) is 23.1 Å². The van der Waals surface area contributed by atoms with Gasteiger partial charge in [-0.05, 0) is 89.0 Å². The van der Waals surface area contributed by atoms with Gasteiger partial charge in [0.1, 0.15) is 0 Å². The van der Waals surface area contributed by atoms with Crippen molar-refractivity contribution in [3.05, 3.63) is 23.8 Å². The Hall–Kier alpha value is -1.93. The summed E-state index contributed by atoms with van der Waals surface area (Å²) >= 11 is 0. The maximum Gasteiger partial charge on any atom is 0.240 e. The van der Waals surface area contributed by atoms with E-state index >= 15 is 0 Å². The van der Waals surface area contributed by atoms with Crippen LogP contribution in [-0.2, 0) is 26.0 Å². The summed E-state index contributed by atoms with van der Waals surface area (Å²) in [6.45, 7) is 9.99. The Labute approximate surface area is 192 Å². The van der Waals surface area contributed by atoms with Gasteiger partial charge in [0.05, 0.1) is 4.90 Å². The van der Waals surface area contributed by atoms with E-state index in [1.54, 1.807) is 23.1 Å². The number of rotatable bonds is 7. The summed E-state index contributed by atoms with van der Waals surface area (Å²) in [5.41, 5.74) is 1.49. The lowest BCUT2D eigenvalue weighted by atomic mass is 9.81. The number of fused-ring (bicyclic) bond motifs is 1. The normalized spacial score (nSPS) is 23.7. The smallest absolute Gasteiger partial charge is 0.240 e. The largest absolute Gasteiger partial charge is 0.351 e. The molecule has 1 heterocycles. The zero-order chi connectivity index (χ0) is 23.7. The van der Waals surface area contributed by atoms with Gasteiger partial charge in [-0.2, -0.15) is 0 Å². The molecule has 1 aliphatic carbocycles. The van der Waals surface area contributed by atoms with E-state index in [4.69, 9.17) is 0 Å². The fraction of sp³-hybridized carbons (Fsp3) is 0.667. The van der Waals surface area contributed by atoms with Crippen LogP contribution in [0.5, 0.6) is 0 Å². The van der Waals surface area contributed by atoms with E-state index in [9.17, 15) is 18.0 Å². The molecule has 8 heteroatoms. The predicted octanol–water partition coefficient (Wildman–Crippen LogP) is 3.37. The number of sulfonamides is 1. The first-order chi connectivity index (χ1) is 14.9. The Bertz CT molecular complexity index is 965. The van der Waals surface area contributed by atoms with Crippen LogP contribution in [0.4, 0.5) is 5.69 Å². The third-order valence-electron chi connectivity index (χ3n) is 7.04. The van der Waals surface area contributed by atoms with Crippen molar-refractivity contribution in [3.8, 4) is 0 Å². The van der Waals surface area contributed by atoms with E-state index in [-0.39, 0.29) is 40.1 Å². The van der Waals surface area contributed by atoms with Crippen molar-refractivity contribution in [2.75, 3.05) is 11.4 Å². The second kappa shape index (κ2) is 9.51. The van der Waals surface area contributed by atoms with Gasteiger partial charge in [-0.1, -0.05) is 6.92 Å². The highest BCUT2D eigenvalue weighted by Gasteiger charge is 2.32. The average Bonchev–Trinajstić information content (AvgIpc) is 3.07. The molecule has 1 aliphatic heterocycles. The molecule has 0 bridgehead atoms. The second-order valence-corrected chi connectivity index (χ2v) is 11.8. The minimum Gasteiger partial charge on any atom is -0.351 e. The van der Waals surface area contributed by atoms with Crippen molar-refractivity contribution in [1.82, 2.24) is 10.0 Å². The molecule has 7 nitrogen and oxygen atoms in total. The van der Waals surface area contributed by atoms with E-state index in [0.29, 0.717) is 13.0 Å². The summed E-state index contributed by atoms with van der Waals surface area (Å²) in [5.74, 6) is 0.322. The lowest BCUT2D eigenvalue weighted by molar-refractivity contribution is -0.128. The van der Waals surface area contributed by atoms with Crippen molar-refractivity contribution < 1.29 is 18.0 Å². The molecule has 178 valence electrons. The summed E-state index contributed by atoms with van der Waals surface area (Å²) < 4.78 is 28.5. The lowest BCUT2D eigenvalue weighted by Gasteiger charge is -2.31. The molecular formula is C24H37N3O4S. The Kier molecular flexibility index (Phi) is 7.34. The molecule has 1 aromatic carbocycles. The Morgan fingerprint density at radius 2 is 1.81 bits per heavy atom. The van der Waals surface area contributed by atoms with E-state index in [0.717, 1.165) is 43.4 Å². The van der Waals surface area contributed by atoms with Crippen molar-refractivity contribution in [1.29, 1.82) is 0 Å². The van der Waals surface area contributed by atoms with E-state index in [1.165, 1.54) is 6.92 Å². The molecule has 0 unspecified atom stereocenters. The summed E-state index contributed by atoms with van der Waals surface area (Å²) in [7, 11) is -3.63. The van der Waals surface area contributed by atoms with Gasteiger partial charge in [0.15, 0.2) is 0 Å². The fourth-order valence-corrected chi connectivity index (χ4v) is 5.88. The molecule has 32 heavy (non-hydrogen) atoms. The highest BCUT2D eigenvalue weighted by Crippen LogP contribution is 2.34. The van der Waals surface area contributed by atoms with Crippen LogP contribution in [0.1, 0.15) is 72.3 Å². The quantitative estimate of drug-likeness (QED) is 0.648. The van der Waals surface area contributed by atoms with Crippen molar-refractivity contribution in [2.24, 2.45) is 11.8 Å². The Morgan fingerprint density at radius 1 is 1.16 bits per heavy atom. The number of hydrogen-bond acceptors (Lipinski definition) is 4. The van der Waals surface area contributed by atoms with Crippen molar-refractivity contribution in [2.45, 2.75) is 89.6 Å². The molecular weight excluding hydrogens is 426 g/mol. The number of anilines is 1. The first-order valence-electron chi connectivity index (χ1n) is 11.7. The van der Waals surface area contributed by atoms with E-state index in [2.05, 4.69) is 17.0 Å². The molecule has 1 atom stereocenters. The number of hydrogen-bond donors (Lipinski definition) is 2. The van der Waals surface area contributed by atoms with Gasteiger partial charge < -0.3 is 10.2 Å². The molecule has 0 spiro atoms. The zero-order valence-corrected chi connectivity index (χ0v) is 20.7. The minimum absolute atomic E-state index is 0.0107. The molecule has 1 fully saturated rings. The van der Waals surface area contributed by atoms with Gasteiger partial charge in [0.25, 0.3) is 0 Å². The number of carbonyl (C=O) groups is 2. The minimum atomic E-state index is -3.63. The first kappa shape index (κ1) is 24.7. The Balaban J connectivity index is 1.55. The van der Waals surface area contributed by atoms with Crippen LogP contribution >= 0.6 is 0 Å². The monoisotopic (exact) mass is 463 g/mol. The highest BCUT2D eigenvalue weighted by molar-refractivity contribution is 7.89. The zero-order valence-electron chi connectivity index (χ0n) is 19.9. The maximum atomic E-state index is 12.9. The van der Waals surface area contributed by atoms with Crippen LogP contribution in [-0.4, -0.2) is 38.4 Å². The van der Waals surface area contributed by atoms with Gasteiger partial charge >= 0.3 is 0 Å². The standard InChI is InChI=1S/C24H37N3O4S/c1-6-24(4,5)26-23(29)19-9-7-18(8-10-19)15-25-32(30,31)21-11-12-22-20(14-21)13-16(2)27(22)17(3)28/h11-12,14,16,18-19,25H,6-10,13,15H2,1-5H3,(H,26,29)/t16-,18?,19?/m0/s1. The number of carbonyl (C=O) groups excluding carboxylic acids is 2. The summed E-state index contributed by atoms with van der Waals surface area (Å²) in [5, 5.41) is 3.13. The second-order valence-electron chi connectivity index (χ2n) is 10.0. The van der Waals surface area contributed by atoms with Crippen LogP contribution < -0.4 is 14.9 Å². The summed E-state index contributed by atoms with van der Waals surface area (Å²) in [6, 6.07) is 5.03. The van der Waals surface area contributed by atoms with Crippen molar-refractivity contribution >= 4 is 27.5 Å². The van der Waals surface area contributed by atoms with Crippen molar-refractivity contribution in [3.63, 3.8) is 0 Å². The maximum absolute atomic E-state index is 12.9. The fourth-order valence-electron chi connectivity index (χ4n) is 4.72. The third-order valence-corrected chi connectivity index (χ3v) is 8.46. The molecule has 2 amide bonds. The topological polar surface area (TPSA) is 95.6 Å². The average molecular weight is 464 g/mol. The van der Waals surface area contributed by atoms with E-state index < -0.39 is 10.0 Å². The number of amides is 2. The van der Waals surface area contributed by atoms with Gasteiger partial charge in [0, 0.05) is 36.7 Å². The molecule has 2 N–H and O–H groups in total. The van der Waals surface area contributed by atoms with Gasteiger partial charge in [0.2, 0.25) is 21.8 Å². The first-order valence-corrected chi connectivity index (χ1v) is 13.2. The summed E-state index contributed by atoms with van der Waals surface area (Å²) in [6.07, 6.45) is 4.78. The number of nitrogens with one attached hydrogen (secondary N) is 2. The molecule has 1 saturated carbocycles. The number of nitrogens with zero attached hydrogens (tertiary/aromatic N) is 1. The van der Waals surface area contributed by atoms with Crippen LogP contribution in [0, 0.1) is 11.8 Å². The molecule has 2 aliphatic rings. The molecule has 0 radical (unpaired) electrons. The Morgan fingerprint density at radius 3 is 2.41 bits per heavy atom. The molecule has 0 saturated heterocycles. The van der Waals surface area contributed by atoms with Gasteiger partial charge in [-0.15, -0.1) is 0 Å². The highest BCUT2D eigenvalue weighted by atomic mass is 32.2. The third kappa shape index (κ3) is 5.52. The number of benzene rings is 1. The van der Waals surface area contributed by atoms with E-state index in [1.807, 2.05) is 20.8 Å².